The lowest BCUT2D eigenvalue weighted by Crippen LogP contribution is -2.35. The van der Waals surface area contributed by atoms with Crippen LogP contribution in [0, 0.1) is 6.92 Å². The van der Waals surface area contributed by atoms with E-state index in [1.54, 1.807) is 11.3 Å². The summed E-state index contributed by atoms with van der Waals surface area (Å²) in [4.78, 5) is 17.3. The van der Waals surface area contributed by atoms with E-state index < -0.39 is 0 Å². The van der Waals surface area contributed by atoms with E-state index in [-0.39, 0.29) is 11.3 Å². The van der Waals surface area contributed by atoms with Crippen molar-refractivity contribution in [1.82, 2.24) is 10.3 Å². The van der Waals surface area contributed by atoms with E-state index in [2.05, 4.69) is 47.6 Å². The fourth-order valence-corrected chi connectivity index (χ4v) is 4.36. The summed E-state index contributed by atoms with van der Waals surface area (Å²) in [6.45, 7) is 2.79. The number of thiazole rings is 1. The van der Waals surface area contributed by atoms with Crippen LogP contribution in [0.2, 0.25) is 0 Å². The molecular weight excluding hydrogens is 328 g/mol. The Morgan fingerprint density at radius 2 is 2.04 bits per heavy atom. The number of hydrogen-bond acceptors (Lipinski definition) is 3. The number of hydrogen-bond donors (Lipinski definition) is 1. The standard InChI is InChI=1S/C21H22N2OS/c1-15-6-4-7-16(14-15)21(11-12-21)20(24)22-13-5-10-19-23-17-8-2-3-9-18(17)25-19/h2-4,6-9,14H,5,10-13H2,1H3,(H,22,24). The number of carbonyl (C=O) groups excluding carboxylic acids is 1. The predicted octanol–water partition coefficient (Wildman–Crippen LogP) is 4.39. The van der Waals surface area contributed by atoms with E-state index in [4.69, 9.17) is 0 Å². The first kappa shape index (κ1) is 16.3. The third-order valence-electron chi connectivity index (χ3n) is 4.95. The van der Waals surface area contributed by atoms with Gasteiger partial charge in [-0.3, -0.25) is 4.79 Å². The molecule has 0 radical (unpaired) electrons. The lowest BCUT2D eigenvalue weighted by molar-refractivity contribution is -0.123. The van der Waals surface area contributed by atoms with Crippen LogP contribution in [0.3, 0.4) is 0 Å². The smallest absolute Gasteiger partial charge is 0.230 e. The monoisotopic (exact) mass is 350 g/mol. The number of aromatic nitrogens is 1. The summed E-state index contributed by atoms with van der Waals surface area (Å²) in [5, 5.41) is 4.29. The summed E-state index contributed by atoms with van der Waals surface area (Å²) in [6.07, 6.45) is 3.76. The molecule has 0 unspecified atom stereocenters. The van der Waals surface area contributed by atoms with Gasteiger partial charge in [0.05, 0.1) is 20.6 Å². The van der Waals surface area contributed by atoms with Crippen molar-refractivity contribution in [2.24, 2.45) is 0 Å². The van der Waals surface area contributed by atoms with E-state index >= 15 is 0 Å². The number of nitrogens with one attached hydrogen (secondary N) is 1. The van der Waals surface area contributed by atoms with E-state index in [0.717, 1.165) is 41.8 Å². The Hall–Kier alpha value is -2.20. The molecule has 2 aromatic carbocycles. The van der Waals surface area contributed by atoms with Gasteiger partial charge in [0.15, 0.2) is 0 Å². The molecule has 1 aromatic heterocycles. The SMILES string of the molecule is Cc1cccc(C2(C(=O)NCCCc3nc4ccccc4s3)CC2)c1. The van der Waals surface area contributed by atoms with Gasteiger partial charge in [-0.1, -0.05) is 42.0 Å². The van der Waals surface area contributed by atoms with E-state index in [1.807, 2.05) is 18.2 Å². The van der Waals surface area contributed by atoms with Crippen LogP contribution in [-0.2, 0) is 16.6 Å². The number of benzene rings is 2. The number of amides is 1. The Balaban J connectivity index is 1.32. The molecule has 4 heteroatoms. The Morgan fingerprint density at radius 1 is 1.20 bits per heavy atom. The summed E-state index contributed by atoms with van der Waals surface area (Å²) in [5.41, 5.74) is 3.17. The molecule has 1 saturated carbocycles. The number of aryl methyl sites for hydroxylation is 2. The summed E-state index contributed by atoms with van der Waals surface area (Å²) in [6, 6.07) is 16.6. The lowest BCUT2D eigenvalue weighted by Gasteiger charge is -2.16. The maximum Gasteiger partial charge on any atom is 0.230 e. The number of carbonyl (C=O) groups is 1. The minimum Gasteiger partial charge on any atom is -0.355 e. The maximum atomic E-state index is 12.7. The molecule has 3 nitrogen and oxygen atoms in total. The van der Waals surface area contributed by atoms with Gasteiger partial charge >= 0.3 is 0 Å². The summed E-state index contributed by atoms with van der Waals surface area (Å²) in [5.74, 6) is 0.183. The Bertz CT molecular complexity index is 878. The van der Waals surface area contributed by atoms with Crippen molar-refractivity contribution in [2.45, 2.75) is 38.0 Å². The minimum absolute atomic E-state index is 0.183. The highest BCUT2D eigenvalue weighted by molar-refractivity contribution is 7.18. The zero-order chi connectivity index (χ0) is 17.3. The molecule has 0 bridgehead atoms. The normalized spacial score (nSPS) is 15.2. The number of rotatable bonds is 6. The third kappa shape index (κ3) is 3.31. The Kier molecular flexibility index (Phi) is 4.30. The van der Waals surface area contributed by atoms with Crippen molar-refractivity contribution in [3.8, 4) is 0 Å². The molecule has 1 N–H and O–H groups in total. The van der Waals surface area contributed by atoms with Crippen LogP contribution in [0.25, 0.3) is 10.2 Å². The maximum absolute atomic E-state index is 12.7. The van der Waals surface area contributed by atoms with Crippen LogP contribution in [0.1, 0.15) is 35.4 Å². The molecule has 4 rings (SSSR count). The van der Waals surface area contributed by atoms with Crippen LogP contribution >= 0.6 is 11.3 Å². The molecule has 1 amide bonds. The minimum atomic E-state index is -0.276. The van der Waals surface area contributed by atoms with Crippen molar-refractivity contribution in [1.29, 1.82) is 0 Å². The topological polar surface area (TPSA) is 42.0 Å². The molecular formula is C21H22N2OS. The number of nitrogens with zero attached hydrogens (tertiary/aromatic N) is 1. The molecule has 3 aromatic rings. The first-order valence-electron chi connectivity index (χ1n) is 8.87. The van der Waals surface area contributed by atoms with Crippen LogP contribution in [0.4, 0.5) is 0 Å². The zero-order valence-electron chi connectivity index (χ0n) is 14.4. The van der Waals surface area contributed by atoms with Crippen LogP contribution in [0.5, 0.6) is 0 Å². The lowest BCUT2D eigenvalue weighted by atomic mass is 9.93. The van der Waals surface area contributed by atoms with Crippen LogP contribution < -0.4 is 5.32 Å². The molecule has 0 atom stereocenters. The summed E-state index contributed by atoms with van der Waals surface area (Å²) in [7, 11) is 0. The van der Waals surface area contributed by atoms with Gasteiger partial charge in [-0.2, -0.15) is 0 Å². The number of para-hydroxylation sites is 1. The van der Waals surface area contributed by atoms with Crippen molar-refractivity contribution < 1.29 is 4.79 Å². The first-order chi connectivity index (χ1) is 12.2. The molecule has 1 aliphatic carbocycles. The highest BCUT2D eigenvalue weighted by atomic mass is 32.1. The van der Waals surface area contributed by atoms with Gasteiger partial charge in [0.25, 0.3) is 0 Å². The quantitative estimate of drug-likeness (QED) is 0.670. The van der Waals surface area contributed by atoms with Crippen LogP contribution in [-0.4, -0.2) is 17.4 Å². The second kappa shape index (κ2) is 6.60. The van der Waals surface area contributed by atoms with Crippen molar-refractivity contribution >= 4 is 27.5 Å². The summed E-state index contributed by atoms with van der Waals surface area (Å²) >= 11 is 1.75. The van der Waals surface area contributed by atoms with E-state index in [9.17, 15) is 4.79 Å². The highest BCUT2D eigenvalue weighted by Crippen LogP contribution is 2.48. The van der Waals surface area contributed by atoms with Crippen molar-refractivity contribution in [2.75, 3.05) is 6.54 Å². The average molecular weight is 350 g/mol. The molecule has 25 heavy (non-hydrogen) atoms. The molecule has 0 saturated heterocycles. The van der Waals surface area contributed by atoms with Gasteiger partial charge in [0, 0.05) is 13.0 Å². The predicted molar refractivity (Wildman–Crippen MR) is 103 cm³/mol. The zero-order valence-corrected chi connectivity index (χ0v) is 15.2. The highest BCUT2D eigenvalue weighted by Gasteiger charge is 2.50. The third-order valence-corrected chi connectivity index (χ3v) is 6.04. The molecule has 1 aliphatic rings. The second-order valence-corrected chi connectivity index (χ2v) is 8.00. The number of fused-ring (bicyclic) bond motifs is 1. The van der Waals surface area contributed by atoms with Crippen molar-refractivity contribution in [3.63, 3.8) is 0 Å². The Labute approximate surface area is 152 Å². The average Bonchev–Trinajstić information content (AvgIpc) is 3.33. The van der Waals surface area contributed by atoms with Gasteiger partial charge in [-0.15, -0.1) is 11.3 Å². The van der Waals surface area contributed by atoms with Gasteiger partial charge < -0.3 is 5.32 Å². The van der Waals surface area contributed by atoms with Gasteiger partial charge in [-0.05, 0) is 43.9 Å². The molecule has 128 valence electrons. The fourth-order valence-electron chi connectivity index (χ4n) is 3.35. The van der Waals surface area contributed by atoms with E-state index in [0.29, 0.717) is 6.54 Å². The van der Waals surface area contributed by atoms with Gasteiger partial charge in [0.2, 0.25) is 5.91 Å². The molecule has 0 aliphatic heterocycles. The fraction of sp³-hybridized carbons (Fsp3) is 0.333. The first-order valence-corrected chi connectivity index (χ1v) is 9.69. The second-order valence-electron chi connectivity index (χ2n) is 6.89. The van der Waals surface area contributed by atoms with Gasteiger partial charge in [-0.25, -0.2) is 4.98 Å². The largest absolute Gasteiger partial charge is 0.355 e. The van der Waals surface area contributed by atoms with Crippen molar-refractivity contribution in [3.05, 3.63) is 64.7 Å². The molecule has 1 heterocycles. The molecule has 0 spiro atoms. The van der Waals surface area contributed by atoms with E-state index in [1.165, 1.54) is 10.3 Å². The Morgan fingerprint density at radius 3 is 2.80 bits per heavy atom. The molecule has 1 fully saturated rings. The van der Waals surface area contributed by atoms with Gasteiger partial charge in [0.1, 0.15) is 0 Å². The summed E-state index contributed by atoms with van der Waals surface area (Å²) < 4.78 is 1.23. The van der Waals surface area contributed by atoms with Crippen LogP contribution in [0.15, 0.2) is 48.5 Å².